The van der Waals surface area contributed by atoms with Crippen molar-refractivity contribution in [2.45, 2.75) is 0 Å². The second-order valence-electron chi connectivity index (χ2n) is 2.39. The summed E-state index contributed by atoms with van der Waals surface area (Å²) in [5, 5.41) is 11.1. The lowest BCUT2D eigenvalue weighted by Crippen LogP contribution is -2.28. The van der Waals surface area contributed by atoms with E-state index in [1.165, 1.54) is 6.20 Å². The Morgan fingerprint density at radius 3 is 3.08 bits per heavy atom. The fourth-order valence-electron chi connectivity index (χ4n) is 0.993. The first-order valence-corrected chi connectivity index (χ1v) is 3.39. The molecule has 2 rings (SSSR count). The summed E-state index contributed by atoms with van der Waals surface area (Å²) in [5.74, 6) is -0.196. The first-order valence-electron chi connectivity index (χ1n) is 3.39. The van der Waals surface area contributed by atoms with Crippen LogP contribution in [0, 0.1) is 0 Å². The molecule has 2 amide bonds. The number of anilines is 1. The highest BCUT2D eigenvalue weighted by Gasteiger charge is 2.19. The van der Waals surface area contributed by atoms with Gasteiger partial charge < -0.3 is 10.6 Å². The number of rotatable bonds is 0. The van der Waals surface area contributed by atoms with E-state index in [-0.39, 0.29) is 18.4 Å². The molecule has 1 aromatic rings. The number of H-pyrrole nitrogens is 1. The average Bonchev–Trinajstić information content (AvgIpc) is 2.44. The second kappa shape index (κ2) is 2.33. The largest absolute Gasteiger partial charge is 0.343 e. The van der Waals surface area contributed by atoms with Crippen LogP contribution in [0.2, 0.25) is 0 Å². The van der Waals surface area contributed by atoms with Crippen LogP contribution in [0.15, 0.2) is 6.20 Å². The van der Waals surface area contributed by atoms with Crippen LogP contribution >= 0.6 is 0 Å². The summed E-state index contributed by atoms with van der Waals surface area (Å²) in [4.78, 5) is 22.1. The molecule has 0 atom stereocenters. The number of aromatic nitrogens is 2. The van der Waals surface area contributed by atoms with E-state index >= 15 is 0 Å². The van der Waals surface area contributed by atoms with E-state index in [1.54, 1.807) is 0 Å². The summed E-state index contributed by atoms with van der Waals surface area (Å²) in [7, 11) is 0. The molecule has 0 aromatic carbocycles. The molecular formula is C6H6N4O2. The van der Waals surface area contributed by atoms with Crippen LogP contribution in [0.5, 0.6) is 0 Å². The van der Waals surface area contributed by atoms with Gasteiger partial charge in [0, 0.05) is 0 Å². The Bertz CT molecular complexity index is 343. The zero-order valence-corrected chi connectivity index (χ0v) is 6.05. The van der Waals surface area contributed by atoms with Crippen molar-refractivity contribution in [3.8, 4) is 0 Å². The molecule has 1 aliphatic heterocycles. The number of nitrogens with zero attached hydrogens (tertiary/aromatic N) is 1. The Labute approximate surface area is 67.3 Å². The molecule has 0 fully saturated rings. The Hall–Kier alpha value is -1.85. The summed E-state index contributed by atoms with van der Waals surface area (Å²) in [6.07, 6.45) is 1.37. The van der Waals surface area contributed by atoms with E-state index in [2.05, 4.69) is 20.8 Å². The standard InChI is InChI=1S/C6H6N4O2/c11-4-2-7-6(12)3-1-8-10-5(3)9-4/h1H,2H2,(H,7,12)(H2,8,9,10,11). The minimum absolute atomic E-state index is 0.00134. The number of aromatic amines is 1. The highest BCUT2D eigenvalue weighted by Crippen LogP contribution is 2.11. The Morgan fingerprint density at radius 1 is 1.42 bits per heavy atom. The predicted molar refractivity (Wildman–Crippen MR) is 39.6 cm³/mol. The van der Waals surface area contributed by atoms with Crippen LogP contribution in [0.1, 0.15) is 10.4 Å². The van der Waals surface area contributed by atoms with Crippen molar-refractivity contribution in [1.82, 2.24) is 15.5 Å². The molecule has 0 spiro atoms. The van der Waals surface area contributed by atoms with Crippen LogP contribution in [0.4, 0.5) is 5.82 Å². The molecule has 0 saturated carbocycles. The third-order valence-electron chi connectivity index (χ3n) is 1.56. The lowest BCUT2D eigenvalue weighted by Gasteiger charge is -1.95. The molecule has 0 aliphatic carbocycles. The van der Waals surface area contributed by atoms with Gasteiger partial charge in [0.05, 0.1) is 12.7 Å². The molecule has 0 radical (unpaired) electrons. The summed E-state index contributed by atoms with van der Waals surface area (Å²) < 4.78 is 0. The van der Waals surface area contributed by atoms with Crippen molar-refractivity contribution in [2.75, 3.05) is 11.9 Å². The van der Waals surface area contributed by atoms with Crippen molar-refractivity contribution in [1.29, 1.82) is 0 Å². The zero-order valence-electron chi connectivity index (χ0n) is 6.05. The molecule has 0 saturated heterocycles. The van der Waals surface area contributed by atoms with Crippen molar-refractivity contribution in [3.05, 3.63) is 11.8 Å². The normalized spacial score (nSPS) is 16.0. The lowest BCUT2D eigenvalue weighted by molar-refractivity contribution is -0.115. The molecule has 6 heteroatoms. The third kappa shape index (κ3) is 0.931. The van der Waals surface area contributed by atoms with E-state index < -0.39 is 0 Å². The average molecular weight is 166 g/mol. The van der Waals surface area contributed by atoms with Crippen LogP contribution in [0.3, 0.4) is 0 Å². The molecule has 2 heterocycles. The van der Waals surface area contributed by atoms with Gasteiger partial charge in [0.25, 0.3) is 5.91 Å². The minimum atomic E-state index is -0.294. The SMILES string of the molecule is O=C1CNC(=O)c2cn[nH]c2N1. The lowest BCUT2D eigenvalue weighted by atomic mass is 10.3. The fourth-order valence-corrected chi connectivity index (χ4v) is 0.993. The van der Waals surface area contributed by atoms with Gasteiger partial charge in [-0.3, -0.25) is 14.7 Å². The molecular weight excluding hydrogens is 160 g/mol. The molecule has 3 N–H and O–H groups in total. The topological polar surface area (TPSA) is 86.9 Å². The molecule has 62 valence electrons. The van der Waals surface area contributed by atoms with Crippen LogP contribution in [-0.2, 0) is 4.79 Å². The number of carbonyl (C=O) groups is 2. The summed E-state index contributed by atoms with van der Waals surface area (Å²) in [5.41, 5.74) is 0.362. The maximum atomic E-state index is 11.1. The van der Waals surface area contributed by atoms with Gasteiger partial charge in [0.2, 0.25) is 5.91 Å². The van der Waals surface area contributed by atoms with E-state index in [0.717, 1.165) is 0 Å². The molecule has 0 unspecified atom stereocenters. The predicted octanol–water partition coefficient (Wildman–Crippen LogP) is -0.908. The van der Waals surface area contributed by atoms with Gasteiger partial charge in [-0.15, -0.1) is 0 Å². The number of fused-ring (bicyclic) bond motifs is 1. The monoisotopic (exact) mass is 166 g/mol. The zero-order chi connectivity index (χ0) is 8.55. The molecule has 6 nitrogen and oxygen atoms in total. The van der Waals surface area contributed by atoms with E-state index in [0.29, 0.717) is 11.4 Å². The highest BCUT2D eigenvalue weighted by molar-refractivity contribution is 6.07. The molecule has 1 aliphatic rings. The fraction of sp³-hybridized carbons (Fsp3) is 0.167. The number of amides is 2. The molecule has 12 heavy (non-hydrogen) atoms. The van der Waals surface area contributed by atoms with Gasteiger partial charge in [-0.05, 0) is 0 Å². The maximum Gasteiger partial charge on any atom is 0.257 e. The third-order valence-corrected chi connectivity index (χ3v) is 1.56. The van der Waals surface area contributed by atoms with E-state index in [4.69, 9.17) is 0 Å². The first kappa shape index (κ1) is 6.84. The first-order chi connectivity index (χ1) is 5.77. The van der Waals surface area contributed by atoms with Crippen LogP contribution < -0.4 is 10.6 Å². The van der Waals surface area contributed by atoms with Gasteiger partial charge in [0.1, 0.15) is 11.4 Å². The summed E-state index contributed by atoms with van der Waals surface area (Å²) in [6.45, 7) is 0.00134. The maximum absolute atomic E-state index is 11.1. The number of nitrogens with one attached hydrogen (secondary N) is 3. The molecule has 0 bridgehead atoms. The van der Waals surface area contributed by atoms with Crippen molar-refractivity contribution < 1.29 is 9.59 Å². The van der Waals surface area contributed by atoms with Crippen molar-refractivity contribution in [3.63, 3.8) is 0 Å². The number of hydrogen-bond donors (Lipinski definition) is 3. The van der Waals surface area contributed by atoms with Gasteiger partial charge in [-0.2, -0.15) is 5.10 Å². The Kier molecular flexibility index (Phi) is 1.33. The number of carbonyl (C=O) groups excluding carboxylic acids is 2. The van der Waals surface area contributed by atoms with Crippen molar-refractivity contribution >= 4 is 17.6 Å². The van der Waals surface area contributed by atoms with Crippen LogP contribution in [-0.4, -0.2) is 28.6 Å². The van der Waals surface area contributed by atoms with Gasteiger partial charge in [0.15, 0.2) is 0 Å². The Morgan fingerprint density at radius 2 is 2.25 bits per heavy atom. The van der Waals surface area contributed by atoms with Gasteiger partial charge in [-0.1, -0.05) is 0 Å². The number of hydrogen-bond acceptors (Lipinski definition) is 3. The van der Waals surface area contributed by atoms with E-state index in [9.17, 15) is 9.59 Å². The Balaban J connectivity index is 2.45. The second-order valence-corrected chi connectivity index (χ2v) is 2.39. The quantitative estimate of drug-likeness (QED) is 0.466. The summed E-state index contributed by atoms with van der Waals surface area (Å²) >= 11 is 0. The van der Waals surface area contributed by atoms with Crippen molar-refractivity contribution in [2.24, 2.45) is 0 Å². The minimum Gasteiger partial charge on any atom is -0.343 e. The van der Waals surface area contributed by atoms with E-state index in [1.807, 2.05) is 0 Å². The van der Waals surface area contributed by atoms with Gasteiger partial charge in [-0.25, -0.2) is 0 Å². The molecule has 1 aromatic heterocycles. The smallest absolute Gasteiger partial charge is 0.257 e. The van der Waals surface area contributed by atoms with Crippen LogP contribution in [0.25, 0.3) is 0 Å². The summed E-state index contributed by atoms with van der Waals surface area (Å²) in [6, 6.07) is 0. The van der Waals surface area contributed by atoms with Gasteiger partial charge >= 0.3 is 0 Å². The highest BCUT2D eigenvalue weighted by atomic mass is 16.2.